The number of allylic oxidation sites excluding steroid dienone is 4. The Hall–Kier alpha value is -0.600. The molecule has 2 heteroatoms. The second-order valence-electron chi connectivity index (χ2n) is 3.21. The predicted molar refractivity (Wildman–Crippen MR) is 53.2 cm³/mol. The predicted octanol–water partition coefficient (Wildman–Crippen LogP) is 0.926. The molecular formula is C10H18N2. The monoisotopic (exact) mass is 166 g/mol. The van der Waals surface area contributed by atoms with Gasteiger partial charge in [-0.15, -0.1) is 0 Å². The van der Waals surface area contributed by atoms with Gasteiger partial charge in [0.2, 0.25) is 0 Å². The third kappa shape index (κ3) is 2.80. The second-order valence-corrected chi connectivity index (χ2v) is 3.21. The average molecular weight is 166 g/mol. The molecule has 1 rings (SSSR count). The van der Waals surface area contributed by atoms with Gasteiger partial charge in [-0.3, -0.25) is 0 Å². The molecule has 0 fully saturated rings. The molecule has 1 aliphatic rings. The molecule has 0 spiro atoms. The van der Waals surface area contributed by atoms with E-state index in [1.807, 2.05) is 14.1 Å². The molecule has 0 amide bonds. The van der Waals surface area contributed by atoms with Gasteiger partial charge in [0, 0.05) is 12.6 Å². The first-order valence-electron chi connectivity index (χ1n) is 4.53. The third-order valence-corrected chi connectivity index (χ3v) is 2.24. The number of nitrogens with one attached hydrogen (secondary N) is 2. The smallest absolute Gasteiger partial charge is 0.0197 e. The second kappa shape index (κ2) is 5.12. The van der Waals surface area contributed by atoms with E-state index in [4.69, 9.17) is 0 Å². The molecule has 0 aromatic heterocycles. The molecule has 0 aromatic rings. The maximum absolute atomic E-state index is 3.30. The van der Waals surface area contributed by atoms with Crippen LogP contribution >= 0.6 is 0 Å². The molecule has 2 nitrogen and oxygen atoms in total. The largest absolute Gasteiger partial charge is 0.318 e. The molecule has 68 valence electrons. The summed E-state index contributed by atoms with van der Waals surface area (Å²) in [6, 6.07) is 0.576. The Labute approximate surface area is 74.7 Å². The minimum absolute atomic E-state index is 0.576. The van der Waals surface area contributed by atoms with Crippen LogP contribution in [-0.4, -0.2) is 26.7 Å². The summed E-state index contributed by atoms with van der Waals surface area (Å²) in [7, 11) is 4.01. The van der Waals surface area contributed by atoms with E-state index >= 15 is 0 Å². The molecule has 0 saturated carbocycles. The zero-order valence-electron chi connectivity index (χ0n) is 7.88. The van der Waals surface area contributed by atoms with Crippen molar-refractivity contribution in [3.63, 3.8) is 0 Å². The van der Waals surface area contributed by atoms with Gasteiger partial charge in [-0.1, -0.05) is 24.3 Å². The van der Waals surface area contributed by atoms with Crippen molar-refractivity contribution in [1.82, 2.24) is 10.6 Å². The van der Waals surface area contributed by atoms with Gasteiger partial charge in [-0.25, -0.2) is 0 Å². The summed E-state index contributed by atoms with van der Waals surface area (Å²) in [6.07, 6.45) is 9.93. The normalized spacial score (nSPS) is 18.8. The van der Waals surface area contributed by atoms with Crippen molar-refractivity contribution in [2.24, 2.45) is 5.92 Å². The van der Waals surface area contributed by atoms with Gasteiger partial charge in [-0.05, 0) is 26.4 Å². The Morgan fingerprint density at radius 3 is 2.42 bits per heavy atom. The van der Waals surface area contributed by atoms with Gasteiger partial charge in [0.25, 0.3) is 0 Å². The van der Waals surface area contributed by atoms with Crippen LogP contribution in [0.15, 0.2) is 24.3 Å². The van der Waals surface area contributed by atoms with Gasteiger partial charge >= 0.3 is 0 Å². The van der Waals surface area contributed by atoms with Gasteiger partial charge in [0.1, 0.15) is 0 Å². The molecule has 1 unspecified atom stereocenters. The first kappa shape index (κ1) is 9.49. The molecule has 2 N–H and O–H groups in total. The Kier molecular flexibility index (Phi) is 4.05. The van der Waals surface area contributed by atoms with Gasteiger partial charge in [0.15, 0.2) is 0 Å². The van der Waals surface area contributed by atoms with Crippen LogP contribution in [0.2, 0.25) is 0 Å². The SMILES string of the molecule is CNCC(CC1C=CC=C1)NC. The van der Waals surface area contributed by atoms with Crippen molar-refractivity contribution < 1.29 is 0 Å². The van der Waals surface area contributed by atoms with Crippen molar-refractivity contribution in [1.29, 1.82) is 0 Å². The van der Waals surface area contributed by atoms with E-state index in [0.29, 0.717) is 12.0 Å². The summed E-state index contributed by atoms with van der Waals surface area (Å²) >= 11 is 0. The lowest BCUT2D eigenvalue weighted by Gasteiger charge is -2.17. The topological polar surface area (TPSA) is 24.1 Å². The van der Waals surface area contributed by atoms with Crippen molar-refractivity contribution in [2.75, 3.05) is 20.6 Å². The van der Waals surface area contributed by atoms with E-state index < -0.39 is 0 Å². The first-order valence-corrected chi connectivity index (χ1v) is 4.53. The summed E-state index contributed by atoms with van der Waals surface area (Å²) in [5.74, 6) is 0.635. The Morgan fingerprint density at radius 2 is 1.92 bits per heavy atom. The summed E-state index contributed by atoms with van der Waals surface area (Å²) < 4.78 is 0. The minimum Gasteiger partial charge on any atom is -0.318 e. The molecule has 0 aliphatic heterocycles. The highest BCUT2D eigenvalue weighted by Crippen LogP contribution is 2.14. The van der Waals surface area contributed by atoms with E-state index in [1.165, 1.54) is 6.42 Å². The zero-order valence-corrected chi connectivity index (χ0v) is 7.88. The first-order chi connectivity index (χ1) is 5.86. The highest BCUT2D eigenvalue weighted by Gasteiger charge is 2.10. The van der Waals surface area contributed by atoms with Crippen LogP contribution in [0.4, 0.5) is 0 Å². The van der Waals surface area contributed by atoms with Gasteiger partial charge < -0.3 is 10.6 Å². The molecule has 0 radical (unpaired) electrons. The van der Waals surface area contributed by atoms with Crippen molar-refractivity contribution in [3.05, 3.63) is 24.3 Å². The maximum atomic E-state index is 3.30. The van der Waals surface area contributed by atoms with Crippen LogP contribution in [0.3, 0.4) is 0 Å². The lowest BCUT2D eigenvalue weighted by molar-refractivity contribution is 0.471. The molecule has 0 bridgehead atoms. The van der Waals surface area contributed by atoms with Crippen molar-refractivity contribution >= 4 is 0 Å². The zero-order chi connectivity index (χ0) is 8.81. The van der Waals surface area contributed by atoms with Crippen molar-refractivity contribution in [3.8, 4) is 0 Å². The molecule has 1 aliphatic carbocycles. The minimum atomic E-state index is 0.576. The third-order valence-electron chi connectivity index (χ3n) is 2.24. The molecule has 0 saturated heterocycles. The number of hydrogen-bond acceptors (Lipinski definition) is 2. The summed E-state index contributed by atoms with van der Waals surface area (Å²) in [6.45, 7) is 1.04. The maximum Gasteiger partial charge on any atom is 0.0197 e. The lowest BCUT2D eigenvalue weighted by Crippen LogP contribution is -2.36. The summed E-state index contributed by atoms with van der Waals surface area (Å²) in [5.41, 5.74) is 0. The molecule has 12 heavy (non-hydrogen) atoms. The quantitative estimate of drug-likeness (QED) is 0.635. The van der Waals surface area contributed by atoms with Crippen LogP contribution < -0.4 is 10.6 Å². The standard InChI is InChI=1S/C10H18N2/c1-11-8-10(12-2)7-9-5-3-4-6-9/h3-6,9-12H,7-8H2,1-2H3. The van der Waals surface area contributed by atoms with E-state index in [-0.39, 0.29) is 0 Å². The fraction of sp³-hybridized carbons (Fsp3) is 0.600. The Bertz CT molecular complexity index is 161. The van der Waals surface area contributed by atoms with Gasteiger partial charge in [-0.2, -0.15) is 0 Å². The van der Waals surface area contributed by atoms with Crippen LogP contribution in [0.1, 0.15) is 6.42 Å². The van der Waals surface area contributed by atoms with E-state index in [2.05, 4.69) is 34.9 Å². The van der Waals surface area contributed by atoms with E-state index in [9.17, 15) is 0 Å². The molecular weight excluding hydrogens is 148 g/mol. The lowest BCUT2D eigenvalue weighted by atomic mass is 10.0. The van der Waals surface area contributed by atoms with E-state index in [1.54, 1.807) is 0 Å². The van der Waals surface area contributed by atoms with Gasteiger partial charge in [0.05, 0.1) is 0 Å². The number of likely N-dealkylation sites (N-methyl/N-ethyl adjacent to an activating group) is 2. The fourth-order valence-electron chi connectivity index (χ4n) is 1.51. The molecule has 0 aromatic carbocycles. The number of rotatable bonds is 5. The van der Waals surface area contributed by atoms with Crippen LogP contribution in [-0.2, 0) is 0 Å². The molecule has 1 atom stereocenters. The van der Waals surface area contributed by atoms with Crippen LogP contribution in [0.25, 0.3) is 0 Å². The summed E-state index contributed by atoms with van der Waals surface area (Å²) in [5, 5.41) is 6.48. The summed E-state index contributed by atoms with van der Waals surface area (Å²) in [4.78, 5) is 0. The Morgan fingerprint density at radius 1 is 1.25 bits per heavy atom. The molecule has 0 heterocycles. The Balaban J connectivity index is 2.26. The average Bonchev–Trinajstić information content (AvgIpc) is 2.56. The van der Waals surface area contributed by atoms with Crippen LogP contribution in [0, 0.1) is 5.92 Å². The fourth-order valence-corrected chi connectivity index (χ4v) is 1.51. The highest BCUT2D eigenvalue weighted by molar-refractivity contribution is 5.17. The van der Waals surface area contributed by atoms with E-state index in [0.717, 1.165) is 6.54 Å². The number of hydrogen-bond donors (Lipinski definition) is 2. The van der Waals surface area contributed by atoms with Crippen molar-refractivity contribution in [2.45, 2.75) is 12.5 Å². The van der Waals surface area contributed by atoms with Crippen LogP contribution in [0.5, 0.6) is 0 Å². The highest BCUT2D eigenvalue weighted by atomic mass is 14.9.